The Bertz CT molecular complexity index is 750. The van der Waals surface area contributed by atoms with Crippen LogP contribution >= 0.6 is 0 Å². The molecule has 0 amide bonds. The van der Waals surface area contributed by atoms with Crippen molar-refractivity contribution in [3.05, 3.63) is 0 Å². The Kier molecular flexibility index (Phi) is 44.6. The molecule has 13 nitrogen and oxygen atoms in total. The number of nitrogens with two attached hydrogens (primary N) is 3. The van der Waals surface area contributed by atoms with Crippen molar-refractivity contribution in [2.75, 3.05) is 39.5 Å². The molecule has 0 aromatic carbocycles. The smallest absolute Gasteiger partial charge is 0.325 e. The lowest BCUT2D eigenvalue weighted by atomic mass is 9.74. The van der Waals surface area contributed by atoms with Crippen LogP contribution in [0, 0.1) is 5.41 Å². The van der Waals surface area contributed by atoms with Crippen LogP contribution in [0.2, 0.25) is 0 Å². The van der Waals surface area contributed by atoms with Gasteiger partial charge in [-0.05, 0) is 12.8 Å². The molecule has 48 heavy (non-hydrogen) atoms. The molecule has 12 N–H and O–H groups in total. The SMILES string of the molecule is CCCCCCCCCCCCC(CCCCCCCCCCCC)(C(=O)O)C(C(=O)O)S(=O)(=O)O.NCCO.NCCO.NCCO. The fourth-order valence-electron chi connectivity index (χ4n) is 5.22. The summed E-state index contributed by atoms with van der Waals surface area (Å²) in [7, 11) is -5.07. The summed E-state index contributed by atoms with van der Waals surface area (Å²) in [6.45, 7) is 5.79. The summed E-state index contributed by atoms with van der Waals surface area (Å²) in [5.41, 5.74) is 12.3. The highest BCUT2D eigenvalue weighted by Gasteiger charge is 2.55. The van der Waals surface area contributed by atoms with Gasteiger partial charge in [-0.3, -0.25) is 14.1 Å². The second-order valence-electron chi connectivity index (χ2n) is 12.1. The molecule has 1 atom stereocenters. The molecule has 0 aliphatic carbocycles. The molecular formula is C34H75N3O10S. The van der Waals surface area contributed by atoms with E-state index in [9.17, 15) is 32.8 Å². The third-order valence-corrected chi connectivity index (χ3v) is 9.04. The van der Waals surface area contributed by atoms with Crippen LogP contribution in [0.25, 0.3) is 0 Å². The number of aliphatic hydroxyl groups is 3. The van der Waals surface area contributed by atoms with Crippen molar-refractivity contribution in [1.82, 2.24) is 0 Å². The quantitative estimate of drug-likeness (QED) is 0.0371. The van der Waals surface area contributed by atoms with Crippen molar-refractivity contribution in [2.45, 2.75) is 160 Å². The topological polar surface area (TPSA) is 268 Å². The Morgan fingerprint density at radius 2 is 0.771 bits per heavy atom. The third-order valence-electron chi connectivity index (χ3n) is 7.79. The molecule has 0 aromatic rings. The molecule has 0 saturated carbocycles. The number of aliphatic carboxylic acids is 2. The minimum Gasteiger partial charge on any atom is -0.481 e. The van der Waals surface area contributed by atoms with Gasteiger partial charge in [0.2, 0.25) is 0 Å². The van der Waals surface area contributed by atoms with Crippen molar-refractivity contribution in [2.24, 2.45) is 22.6 Å². The lowest BCUT2D eigenvalue weighted by Gasteiger charge is -2.33. The van der Waals surface area contributed by atoms with E-state index in [1.54, 1.807) is 0 Å². The number of unbranched alkanes of at least 4 members (excludes halogenated alkanes) is 18. The summed E-state index contributed by atoms with van der Waals surface area (Å²) in [5.74, 6) is -3.24. The van der Waals surface area contributed by atoms with Crippen molar-refractivity contribution in [3.8, 4) is 0 Å². The summed E-state index contributed by atoms with van der Waals surface area (Å²) in [6, 6.07) is 0. The summed E-state index contributed by atoms with van der Waals surface area (Å²) >= 11 is 0. The summed E-state index contributed by atoms with van der Waals surface area (Å²) in [5, 5.41) is 40.6. The second kappa shape index (κ2) is 40.0. The van der Waals surface area contributed by atoms with Crippen LogP contribution in [0.15, 0.2) is 0 Å². The van der Waals surface area contributed by atoms with Crippen molar-refractivity contribution in [1.29, 1.82) is 0 Å². The number of carboxylic acid groups (broad SMARTS) is 2. The number of carboxylic acids is 2. The predicted molar refractivity (Wildman–Crippen MR) is 194 cm³/mol. The molecule has 0 aromatic heterocycles. The molecule has 0 aliphatic rings. The molecule has 0 rings (SSSR count). The Balaban J connectivity index is -0.000000687. The van der Waals surface area contributed by atoms with Crippen LogP contribution in [0.4, 0.5) is 0 Å². The zero-order valence-electron chi connectivity index (χ0n) is 30.3. The van der Waals surface area contributed by atoms with Crippen molar-refractivity contribution >= 4 is 22.1 Å². The maximum atomic E-state index is 12.4. The van der Waals surface area contributed by atoms with E-state index in [0.717, 1.165) is 51.4 Å². The highest BCUT2D eigenvalue weighted by atomic mass is 32.2. The maximum Gasteiger partial charge on any atom is 0.325 e. The number of hydrogen-bond acceptors (Lipinski definition) is 10. The number of hydrogen-bond donors (Lipinski definition) is 9. The van der Waals surface area contributed by atoms with Gasteiger partial charge in [-0.2, -0.15) is 8.42 Å². The normalized spacial score (nSPS) is 11.7. The van der Waals surface area contributed by atoms with E-state index in [4.69, 9.17) is 32.5 Å². The summed E-state index contributed by atoms with van der Waals surface area (Å²) < 4.78 is 33.7. The Morgan fingerprint density at radius 3 is 0.938 bits per heavy atom. The van der Waals surface area contributed by atoms with Gasteiger partial charge in [0.05, 0.1) is 25.2 Å². The average Bonchev–Trinajstić information content (AvgIpc) is 3.05. The first-order chi connectivity index (χ1) is 22.9. The summed E-state index contributed by atoms with van der Waals surface area (Å²) in [4.78, 5) is 24.2. The first-order valence-electron chi connectivity index (χ1n) is 18.2. The molecule has 0 aliphatic heterocycles. The number of rotatable bonds is 29. The number of aliphatic hydroxyl groups excluding tert-OH is 3. The molecule has 0 heterocycles. The molecule has 0 spiro atoms. The first kappa shape index (κ1) is 53.4. The molecule has 0 fully saturated rings. The molecular weight excluding hydrogens is 642 g/mol. The standard InChI is InChI=1S/C28H54O7S.3C2H7NO/c1-3-5-7-9-11-13-15-17-19-21-23-28(27(31)32,25(26(29)30)36(33,34)35)24-22-20-18-16-14-12-10-8-6-4-2;3*3-1-2-4/h25H,3-24H2,1-2H3,(H,29,30)(H,31,32)(H,33,34,35);3*4H,1-3H2. The Labute approximate surface area is 292 Å². The van der Waals surface area contributed by atoms with E-state index in [2.05, 4.69) is 13.8 Å². The lowest BCUT2D eigenvalue weighted by Crippen LogP contribution is -2.51. The molecule has 1 unspecified atom stereocenters. The molecule has 0 saturated heterocycles. The highest BCUT2D eigenvalue weighted by molar-refractivity contribution is 7.87. The van der Waals surface area contributed by atoms with Crippen LogP contribution in [0.1, 0.15) is 155 Å². The lowest BCUT2D eigenvalue weighted by molar-refractivity contribution is -0.156. The van der Waals surface area contributed by atoms with Gasteiger partial charge in [0, 0.05) is 19.6 Å². The van der Waals surface area contributed by atoms with Gasteiger partial charge in [-0.25, -0.2) is 0 Å². The molecule has 0 bridgehead atoms. The van der Waals surface area contributed by atoms with Gasteiger partial charge in [0.25, 0.3) is 10.1 Å². The van der Waals surface area contributed by atoms with E-state index in [0.29, 0.717) is 32.5 Å². The van der Waals surface area contributed by atoms with Gasteiger partial charge in [0.1, 0.15) is 0 Å². The van der Waals surface area contributed by atoms with Crippen LogP contribution in [-0.4, -0.2) is 95.1 Å². The Morgan fingerprint density at radius 1 is 0.542 bits per heavy atom. The van der Waals surface area contributed by atoms with Crippen LogP contribution in [-0.2, 0) is 19.7 Å². The Hall–Kier alpha value is -1.39. The zero-order chi connectivity index (χ0) is 37.5. The minimum atomic E-state index is -5.07. The van der Waals surface area contributed by atoms with Gasteiger partial charge in [0.15, 0.2) is 5.25 Å². The molecule has 292 valence electrons. The largest absolute Gasteiger partial charge is 0.481 e. The second-order valence-corrected chi connectivity index (χ2v) is 13.6. The van der Waals surface area contributed by atoms with Crippen molar-refractivity contribution < 1.29 is 48.1 Å². The van der Waals surface area contributed by atoms with E-state index in [1.807, 2.05) is 0 Å². The van der Waals surface area contributed by atoms with E-state index >= 15 is 0 Å². The monoisotopic (exact) mass is 718 g/mol. The van der Waals surface area contributed by atoms with Gasteiger partial charge < -0.3 is 42.7 Å². The fourth-order valence-corrected chi connectivity index (χ4v) is 6.38. The maximum absolute atomic E-state index is 12.4. The van der Waals surface area contributed by atoms with Crippen LogP contribution < -0.4 is 17.2 Å². The predicted octanol–water partition coefficient (Wildman–Crippen LogP) is 4.83. The van der Waals surface area contributed by atoms with E-state index in [-0.39, 0.29) is 32.7 Å². The van der Waals surface area contributed by atoms with Gasteiger partial charge in [-0.1, -0.05) is 142 Å². The van der Waals surface area contributed by atoms with Crippen molar-refractivity contribution in [3.63, 3.8) is 0 Å². The molecule has 0 radical (unpaired) electrons. The van der Waals surface area contributed by atoms with E-state index < -0.39 is 32.7 Å². The van der Waals surface area contributed by atoms with Gasteiger partial charge >= 0.3 is 11.9 Å². The van der Waals surface area contributed by atoms with Gasteiger partial charge in [-0.15, -0.1) is 0 Å². The average molecular weight is 718 g/mol. The highest BCUT2D eigenvalue weighted by Crippen LogP contribution is 2.39. The first-order valence-corrected chi connectivity index (χ1v) is 19.7. The summed E-state index contributed by atoms with van der Waals surface area (Å²) in [6.07, 6.45) is 20.6. The zero-order valence-corrected chi connectivity index (χ0v) is 31.1. The third kappa shape index (κ3) is 34.5. The van der Waals surface area contributed by atoms with Crippen LogP contribution in [0.3, 0.4) is 0 Å². The minimum absolute atomic E-state index is 0.0625. The molecule has 14 heteroatoms. The van der Waals surface area contributed by atoms with Crippen LogP contribution in [0.5, 0.6) is 0 Å². The van der Waals surface area contributed by atoms with E-state index in [1.165, 1.54) is 64.2 Å². The number of carbonyl (C=O) groups is 2. The fraction of sp³-hybridized carbons (Fsp3) is 0.941.